The lowest BCUT2D eigenvalue weighted by Crippen LogP contribution is -2.52. The Bertz CT molecular complexity index is 938. The number of amides is 1. The van der Waals surface area contributed by atoms with Gasteiger partial charge in [0.15, 0.2) is 0 Å². The first-order valence-electron chi connectivity index (χ1n) is 9.77. The highest BCUT2D eigenvalue weighted by atomic mass is 16.2. The second-order valence-corrected chi connectivity index (χ2v) is 8.04. The van der Waals surface area contributed by atoms with Gasteiger partial charge in [0.05, 0.1) is 11.6 Å². The van der Waals surface area contributed by atoms with Gasteiger partial charge in [-0.2, -0.15) is 0 Å². The van der Waals surface area contributed by atoms with Crippen molar-refractivity contribution in [2.45, 2.75) is 18.4 Å². The molecule has 148 valence electrons. The zero-order chi connectivity index (χ0) is 19.8. The molecule has 2 aromatic heterocycles. The number of likely N-dealkylation sites (tertiary alicyclic amines) is 1. The summed E-state index contributed by atoms with van der Waals surface area (Å²) in [6.45, 7) is 2.07. The molecule has 0 saturated carbocycles. The van der Waals surface area contributed by atoms with E-state index < -0.39 is 0 Å². The summed E-state index contributed by atoms with van der Waals surface area (Å²) in [6.07, 6.45) is 2.70. The molecule has 0 radical (unpaired) electrons. The van der Waals surface area contributed by atoms with Crippen LogP contribution in [0.5, 0.6) is 0 Å². The standard InChI is InChI=1S/C21H27N5O2/c1-22-20-16(6-5-9-23-20)21(28)25-11-14-10-15(12-25)18(13-24(2)3)26-17(14)7-4-8-19(26)27/h4-9,14-15,18H,10-13H2,1-3H3,(H,22,23)/t14-,15+,18+/m1/s1. The van der Waals surface area contributed by atoms with E-state index in [1.165, 1.54) is 0 Å². The second kappa shape index (κ2) is 7.39. The van der Waals surface area contributed by atoms with Crippen LogP contribution in [0, 0.1) is 5.92 Å². The fraction of sp³-hybridized carbons (Fsp3) is 0.476. The molecule has 7 heteroatoms. The number of carbonyl (C=O) groups is 1. The number of hydrogen-bond donors (Lipinski definition) is 1. The fourth-order valence-corrected chi connectivity index (χ4v) is 4.76. The predicted molar refractivity (Wildman–Crippen MR) is 109 cm³/mol. The molecule has 4 rings (SSSR count). The normalized spacial score (nSPS) is 23.4. The van der Waals surface area contributed by atoms with Crippen molar-refractivity contribution in [3.05, 3.63) is 58.1 Å². The molecular weight excluding hydrogens is 354 g/mol. The molecule has 7 nitrogen and oxygen atoms in total. The largest absolute Gasteiger partial charge is 0.372 e. The van der Waals surface area contributed by atoms with Gasteiger partial charge in [0.1, 0.15) is 5.82 Å². The van der Waals surface area contributed by atoms with Gasteiger partial charge in [0.25, 0.3) is 11.5 Å². The molecule has 1 amide bonds. The highest BCUT2D eigenvalue weighted by Crippen LogP contribution is 2.41. The molecule has 4 heterocycles. The summed E-state index contributed by atoms with van der Waals surface area (Å²) >= 11 is 0. The van der Waals surface area contributed by atoms with Crippen LogP contribution in [0.3, 0.4) is 0 Å². The van der Waals surface area contributed by atoms with Crippen molar-refractivity contribution in [3.8, 4) is 0 Å². The Balaban J connectivity index is 1.70. The number of pyridine rings is 2. The third-order valence-electron chi connectivity index (χ3n) is 5.91. The van der Waals surface area contributed by atoms with Gasteiger partial charge in [-0.15, -0.1) is 0 Å². The Kier molecular flexibility index (Phi) is 4.93. The minimum Gasteiger partial charge on any atom is -0.372 e. The summed E-state index contributed by atoms with van der Waals surface area (Å²) in [5, 5.41) is 3.01. The average Bonchev–Trinajstić information content (AvgIpc) is 2.70. The molecule has 28 heavy (non-hydrogen) atoms. The summed E-state index contributed by atoms with van der Waals surface area (Å²) in [5.74, 6) is 1.05. The fourth-order valence-electron chi connectivity index (χ4n) is 4.76. The molecule has 2 aliphatic rings. The van der Waals surface area contributed by atoms with Crippen molar-refractivity contribution in [3.63, 3.8) is 0 Å². The maximum absolute atomic E-state index is 13.3. The molecule has 0 aromatic carbocycles. The number of anilines is 1. The minimum absolute atomic E-state index is 0.00230. The number of carbonyl (C=O) groups excluding carboxylic acids is 1. The topological polar surface area (TPSA) is 70.5 Å². The van der Waals surface area contributed by atoms with E-state index in [2.05, 4.69) is 15.2 Å². The maximum Gasteiger partial charge on any atom is 0.257 e. The Morgan fingerprint density at radius 3 is 2.82 bits per heavy atom. The number of fused-ring (bicyclic) bond motifs is 4. The lowest BCUT2D eigenvalue weighted by molar-refractivity contribution is 0.0499. The Hall–Kier alpha value is -2.67. The molecule has 1 fully saturated rings. The van der Waals surface area contributed by atoms with Gasteiger partial charge in [0.2, 0.25) is 0 Å². The van der Waals surface area contributed by atoms with Crippen LogP contribution in [0.1, 0.15) is 34.4 Å². The molecule has 1 N–H and O–H groups in total. The van der Waals surface area contributed by atoms with Gasteiger partial charge in [-0.25, -0.2) is 4.98 Å². The number of nitrogens with one attached hydrogen (secondary N) is 1. The van der Waals surface area contributed by atoms with Crippen LogP contribution in [0.25, 0.3) is 0 Å². The molecular formula is C21H27N5O2. The lowest BCUT2D eigenvalue weighted by Gasteiger charge is -2.47. The van der Waals surface area contributed by atoms with E-state index in [1.807, 2.05) is 41.8 Å². The monoisotopic (exact) mass is 381 g/mol. The molecule has 2 aliphatic heterocycles. The molecule has 3 atom stereocenters. The van der Waals surface area contributed by atoms with E-state index >= 15 is 0 Å². The van der Waals surface area contributed by atoms with Gasteiger partial charge in [0, 0.05) is 50.6 Å². The van der Waals surface area contributed by atoms with Crippen LogP contribution in [0.15, 0.2) is 41.3 Å². The number of rotatable bonds is 4. The molecule has 0 aliphatic carbocycles. The molecule has 2 bridgehead atoms. The first-order chi connectivity index (χ1) is 13.5. The van der Waals surface area contributed by atoms with E-state index in [0.29, 0.717) is 24.5 Å². The maximum atomic E-state index is 13.3. The Morgan fingerprint density at radius 1 is 1.25 bits per heavy atom. The SMILES string of the molecule is CNc1ncccc1C(=O)N1C[C@H]2C[C@@H](C1)[C@H](CN(C)C)n1c2cccc1=O. The van der Waals surface area contributed by atoms with Gasteiger partial charge in [-0.3, -0.25) is 9.59 Å². The summed E-state index contributed by atoms with van der Waals surface area (Å²) in [4.78, 5) is 34.3. The van der Waals surface area contributed by atoms with Gasteiger partial charge < -0.3 is 19.7 Å². The van der Waals surface area contributed by atoms with Gasteiger partial charge in [-0.05, 0) is 44.6 Å². The first kappa shape index (κ1) is 18.7. The van der Waals surface area contributed by atoms with Crippen molar-refractivity contribution in [1.29, 1.82) is 0 Å². The van der Waals surface area contributed by atoms with Crippen molar-refractivity contribution >= 4 is 11.7 Å². The van der Waals surface area contributed by atoms with Crippen molar-refractivity contribution < 1.29 is 4.79 Å². The Morgan fingerprint density at radius 2 is 2.07 bits per heavy atom. The smallest absolute Gasteiger partial charge is 0.257 e. The van der Waals surface area contributed by atoms with Crippen molar-refractivity contribution in [1.82, 2.24) is 19.4 Å². The zero-order valence-corrected chi connectivity index (χ0v) is 16.6. The third kappa shape index (κ3) is 3.20. The molecule has 1 saturated heterocycles. The van der Waals surface area contributed by atoms with Gasteiger partial charge in [-0.1, -0.05) is 6.07 Å². The van der Waals surface area contributed by atoms with E-state index in [1.54, 1.807) is 25.4 Å². The van der Waals surface area contributed by atoms with Crippen LogP contribution in [-0.4, -0.2) is 66.0 Å². The van der Waals surface area contributed by atoms with E-state index in [-0.39, 0.29) is 29.3 Å². The van der Waals surface area contributed by atoms with Crippen LogP contribution >= 0.6 is 0 Å². The molecule has 2 aromatic rings. The van der Waals surface area contributed by atoms with Crippen molar-refractivity contribution in [2.24, 2.45) is 5.92 Å². The highest BCUT2D eigenvalue weighted by Gasteiger charge is 2.42. The highest BCUT2D eigenvalue weighted by molar-refractivity contribution is 5.98. The summed E-state index contributed by atoms with van der Waals surface area (Å²) in [7, 11) is 5.83. The Labute approximate surface area is 165 Å². The first-order valence-corrected chi connectivity index (χ1v) is 9.77. The number of piperidine rings is 1. The average molecular weight is 381 g/mol. The number of likely N-dealkylation sites (N-methyl/N-ethyl adjacent to an activating group) is 1. The van der Waals surface area contributed by atoms with E-state index in [4.69, 9.17) is 0 Å². The third-order valence-corrected chi connectivity index (χ3v) is 5.91. The van der Waals surface area contributed by atoms with E-state index in [0.717, 1.165) is 18.7 Å². The number of aromatic nitrogens is 2. The molecule has 0 spiro atoms. The number of hydrogen-bond acceptors (Lipinski definition) is 5. The molecule has 0 unspecified atom stereocenters. The zero-order valence-electron chi connectivity index (χ0n) is 16.6. The van der Waals surface area contributed by atoms with Crippen LogP contribution < -0.4 is 10.9 Å². The van der Waals surface area contributed by atoms with Crippen LogP contribution in [0.4, 0.5) is 5.82 Å². The van der Waals surface area contributed by atoms with Crippen LogP contribution in [-0.2, 0) is 0 Å². The van der Waals surface area contributed by atoms with E-state index in [9.17, 15) is 9.59 Å². The minimum atomic E-state index is 0.00230. The lowest BCUT2D eigenvalue weighted by atomic mass is 9.78. The number of nitrogens with zero attached hydrogens (tertiary/aromatic N) is 4. The van der Waals surface area contributed by atoms with Crippen molar-refractivity contribution in [2.75, 3.05) is 46.1 Å². The summed E-state index contributed by atoms with van der Waals surface area (Å²) < 4.78 is 1.98. The second-order valence-electron chi connectivity index (χ2n) is 8.04. The predicted octanol–water partition coefficient (Wildman–Crippen LogP) is 1.65. The quantitative estimate of drug-likeness (QED) is 0.872. The van der Waals surface area contributed by atoms with Crippen LogP contribution in [0.2, 0.25) is 0 Å². The summed E-state index contributed by atoms with van der Waals surface area (Å²) in [5.41, 5.74) is 1.70. The van der Waals surface area contributed by atoms with Gasteiger partial charge >= 0.3 is 0 Å². The summed E-state index contributed by atoms with van der Waals surface area (Å²) in [6, 6.07) is 9.21.